The zero-order chi connectivity index (χ0) is 17.9. The molecule has 3 aromatic carbocycles. The lowest BCUT2D eigenvalue weighted by Crippen LogP contribution is -2.12. The number of nitrogens with zero attached hydrogens (tertiary/aromatic N) is 1. The van der Waals surface area contributed by atoms with Crippen LogP contribution in [0, 0.1) is 0 Å². The van der Waals surface area contributed by atoms with Gasteiger partial charge in [-0.05, 0) is 48.5 Å². The number of fused-ring (bicyclic) bond motifs is 1. The summed E-state index contributed by atoms with van der Waals surface area (Å²) >= 11 is 0. The summed E-state index contributed by atoms with van der Waals surface area (Å²) in [7, 11) is 1.54. The summed E-state index contributed by atoms with van der Waals surface area (Å²) in [6, 6.07) is 22.1. The number of nitrogens with one attached hydrogen (secondary N) is 1. The molecule has 5 nitrogen and oxygen atoms in total. The maximum Gasteiger partial charge on any atom is 0.259 e. The van der Waals surface area contributed by atoms with E-state index in [1.165, 1.54) is 0 Å². The minimum atomic E-state index is -0.225. The van der Waals surface area contributed by atoms with Gasteiger partial charge in [0.05, 0.1) is 12.7 Å². The second kappa shape index (κ2) is 6.72. The predicted molar refractivity (Wildman–Crippen MR) is 100 cm³/mol. The van der Waals surface area contributed by atoms with Gasteiger partial charge in [0.2, 0.25) is 5.89 Å². The number of para-hydroxylation sites is 3. The van der Waals surface area contributed by atoms with E-state index in [1.54, 1.807) is 25.3 Å². The summed E-state index contributed by atoms with van der Waals surface area (Å²) in [5.74, 6) is 0.860. The van der Waals surface area contributed by atoms with E-state index in [0.717, 1.165) is 16.7 Å². The SMILES string of the molecule is COc1ccccc1C(=O)Nc1ccc(-c2nc3ccccc3o2)cc1. The first kappa shape index (κ1) is 15.9. The standard InChI is InChI=1S/C21H16N2O3/c1-25-18-8-4-2-6-16(18)20(24)22-15-12-10-14(11-13-15)21-23-17-7-3-5-9-19(17)26-21/h2-13H,1H3,(H,22,24). The van der Waals surface area contributed by atoms with Crippen molar-refractivity contribution in [3.63, 3.8) is 0 Å². The van der Waals surface area contributed by atoms with Gasteiger partial charge in [0.25, 0.3) is 5.91 Å². The van der Waals surface area contributed by atoms with Gasteiger partial charge in [-0.3, -0.25) is 4.79 Å². The molecule has 0 aliphatic carbocycles. The molecular formula is C21H16N2O3. The molecule has 0 unspecified atom stereocenters. The maximum atomic E-state index is 12.4. The average Bonchev–Trinajstić information content (AvgIpc) is 3.12. The number of carbonyl (C=O) groups excluding carboxylic acids is 1. The lowest BCUT2D eigenvalue weighted by molar-refractivity contribution is 0.102. The summed E-state index contributed by atoms with van der Waals surface area (Å²) in [6.45, 7) is 0. The summed E-state index contributed by atoms with van der Waals surface area (Å²) in [5, 5.41) is 2.87. The van der Waals surface area contributed by atoms with Gasteiger partial charge >= 0.3 is 0 Å². The zero-order valence-electron chi connectivity index (χ0n) is 14.1. The third-order valence-electron chi connectivity index (χ3n) is 4.04. The number of ether oxygens (including phenoxy) is 1. The number of methoxy groups -OCH3 is 1. The highest BCUT2D eigenvalue weighted by molar-refractivity contribution is 6.06. The van der Waals surface area contributed by atoms with Crippen molar-refractivity contribution in [1.29, 1.82) is 0 Å². The molecule has 26 heavy (non-hydrogen) atoms. The fourth-order valence-corrected chi connectivity index (χ4v) is 2.72. The molecule has 1 N–H and O–H groups in total. The van der Waals surface area contributed by atoms with Crippen molar-refractivity contribution in [2.24, 2.45) is 0 Å². The summed E-state index contributed by atoms with van der Waals surface area (Å²) in [4.78, 5) is 16.9. The number of oxazole rings is 1. The van der Waals surface area contributed by atoms with Gasteiger partial charge in [-0.2, -0.15) is 0 Å². The summed E-state index contributed by atoms with van der Waals surface area (Å²) < 4.78 is 11.0. The van der Waals surface area contributed by atoms with Gasteiger partial charge in [-0.15, -0.1) is 0 Å². The number of carbonyl (C=O) groups is 1. The molecule has 0 spiro atoms. The molecule has 128 valence electrons. The smallest absolute Gasteiger partial charge is 0.259 e. The Morgan fingerprint density at radius 3 is 2.46 bits per heavy atom. The molecule has 4 aromatic rings. The fourth-order valence-electron chi connectivity index (χ4n) is 2.72. The van der Waals surface area contributed by atoms with Crippen LogP contribution in [0.25, 0.3) is 22.6 Å². The van der Waals surface area contributed by atoms with Gasteiger partial charge < -0.3 is 14.5 Å². The first-order valence-corrected chi connectivity index (χ1v) is 8.15. The minimum absolute atomic E-state index is 0.225. The van der Waals surface area contributed by atoms with Crippen molar-refractivity contribution >= 4 is 22.7 Å². The van der Waals surface area contributed by atoms with Crippen molar-refractivity contribution in [1.82, 2.24) is 4.98 Å². The van der Waals surface area contributed by atoms with Crippen molar-refractivity contribution in [3.05, 3.63) is 78.4 Å². The molecular weight excluding hydrogens is 328 g/mol. The Balaban J connectivity index is 1.55. The van der Waals surface area contributed by atoms with Gasteiger partial charge in [0.1, 0.15) is 11.3 Å². The Morgan fingerprint density at radius 2 is 1.69 bits per heavy atom. The normalized spacial score (nSPS) is 10.7. The highest BCUT2D eigenvalue weighted by Crippen LogP contribution is 2.26. The summed E-state index contributed by atoms with van der Waals surface area (Å²) in [5.41, 5.74) is 3.57. The molecule has 1 heterocycles. The highest BCUT2D eigenvalue weighted by atomic mass is 16.5. The van der Waals surface area contributed by atoms with E-state index in [1.807, 2.05) is 54.6 Å². The number of hydrogen-bond donors (Lipinski definition) is 1. The maximum absolute atomic E-state index is 12.4. The van der Waals surface area contributed by atoms with E-state index in [4.69, 9.17) is 9.15 Å². The highest BCUT2D eigenvalue weighted by Gasteiger charge is 2.12. The van der Waals surface area contributed by atoms with Gasteiger partial charge in [-0.1, -0.05) is 24.3 Å². The topological polar surface area (TPSA) is 64.4 Å². The van der Waals surface area contributed by atoms with Gasteiger partial charge in [-0.25, -0.2) is 4.98 Å². The zero-order valence-corrected chi connectivity index (χ0v) is 14.1. The monoisotopic (exact) mass is 344 g/mol. The first-order chi connectivity index (χ1) is 12.7. The van der Waals surface area contributed by atoms with Crippen molar-refractivity contribution in [3.8, 4) is 17.2 Å². The Hall–Kier alpha value is -3.60. The second-order valence-electron chi connectivity index (χ2n) is 5.72. The Kier molecular flexibility index (Phi) is 4.11. The van der Waals surface area contributed by atoms with E-state index in [0.29, 0.717) is 22.9 Å². The van der Waals surface area contributed by atoms with Crippen LogP contribution in [0.2, 0.25) is 0 Å². The number of hydrogen-bond acceptors (Lipinski definition) is 4. The van der Waals surface area contributed by atoms with Crippen LogP contribution in [0.1, 0.15) is 10.4 Å². The number of aromatic nitrogens is 1. The number of benzene rings is 3. The molecule has 1 aromatic heterocycles. The van der Waals surface area contributed by atoms with Crippen LogP contribution in [0.5, 0.6) is 5.75 Å². The first-order valence-electron chi connectivity index (χ1n) is 8.15. The lowest BCUT2D eigenvalue weighted by Gasteiger charge is -2.09. The van der Waals surface area contributed by atoms with Crippen molar-refractivity contribution in [2.45, 2.75) is 0 Å². The molecule has 0 aliphatic rings. The third-order valence-corrected chi connectivity index (χ3v) is 4.04. The van der Waals surface area contributed by atoms with E-state index >= 15 is 0 Å². The van der Waals surface area contributed by atoms with Crippen molar-refractivity contribution in [2.75, 3.05) is 12.4 Å². The molecule has 0 atom stereocenters. The molecule has 0 bridgehead atoms. The van der Waals surface area contributed by atoms with Crippen LogP contribution in [-0.2, 0) is 0 Å². The van der Waals surface area contributed by atoms with Gasteiger partial charge in [0.15, 0.2) is 5.58 Å². The second-order valence-corrected chi connectivity index (χ2v) is 5.72. The van der Waals surface area contributed by atoms with Crippen molar-refractivity contribution < 1.29 is 13.9 Å². The number of anilines is 1. The molecule has 0 saturated carbocycles. The Morgan fingerprint density at radius 1 is 0.962 bits per heavy atom. The Bertz CT molecular complexity index is 1040. The fraction of sp³-hybridized carbons (Fsp3) is 0.0476. The van der Waals surface area contributed by atoms with Crippen LogP contribution < -0.4 is 10.1 Å². The largest absolute Gasteiger partial charge is 0.496 e. The molecule has 4 rings (SSSR count). The van der Waals surface area contributed by atoms with Crippen LogP contribution in [0.4, 0.5) is 5.69 Å². The average molecular weight is 344 g/mol. The molecule has 0 saturated heterocycles. The number of rotatable bonds is 4. The van der Waals surface area contributed by atoms with E-state index in [2.05, 4.69) is 10.3 Å². The van der Waals surface area contributed by atoms with E-state index in [9.17, 15) is 4.79 Å². The third kappa shape index (κ3) is 3.02. The number of amides is 1. The van der Waals surface area contributed by atoms with Crippen LogP contribution >= 0.6 is 0 Å². The van der Waals surface area contributed by atoms with E-state index < -0.39 is 0 Å². The van der Waals surface area contributed by atoms with Crippen LogP contribution in [0.3, 0.4) is 0 Å². The summed E-state index contributed by atoms with van der Waals surface area (Å²) in [6.07, 6.45) is 0. The van der Waals surface area contributed by atoms with Crippen LogP contribution in [0.15, 0.2) is 77.2 Å². The Labute approximate surface area is 150 Å². The van der Waals surface area contributed by atoms with Crippen LogP contribution in [-0.4, -0.2) is 18.0 Å². The molecule has 5 heteroatoms. The molecule has 0 radical (unpaired) electrons. The predicted octanol–water partition coefficient (Wildman–Crippen LogP) is 4.76. The molecule has 0 aliphatic heterocycles. The van der Waals surface area contributed by atoms with E-state index in [-0.39, 0.29) is 5.91 Å². The van der Waals surface area contributed by atoms with Gasteiger partial charge in [0, 0.05) is 11.3 Å². The lowest BCUT2D eigenvalue weighted by atomic mass is 10.1. The molecule has 0 fully saturated rings. The minimum Gasteiger partial charge on any atom is -0.496 e. The molecule has 1 amide bonds. The quantitative estimate of drug-likeness (QED) is 0.580.